The van der Waals surface area contributed by atoms with Gasteiger partial charge in [-0.15, -0.1) is 0 Å². The van der Waals surface area contributed by atoms with Gasteiger partial charge in [0.05, 0.1) is 5.69 Å². The van der Waals surface area contributed by atoms with E-state index in [0.29, 0.717) is 5.65 Å². The molecule has 2 aromatic heterocycles. The second kappa shape index (κ2) is 6.90. The molecular weight excluding hydrogens is 326 g/mol. The number of fused-ring (bicyclic) bond motifs is 1. The molecule has 6 nitrogen and oxygen atoms in total. The Kier molecular flexibility index (Phi) is 4.44. The van der Waals surface area contributed by atoms with Crippen molar-refractivity contribution in [2.75, 3.05) is 33.2 Å². The van der Waals surface area contributed by atoms with Crippen LogP contribution in [0.5, 0.6) is 0 Å². The van der Waals surface area contributed by atoms with E-state index in [0.717, 1.165) is 49.4 Å². The van der Waals surface area contributed by atoms with E-state index in [1.807, 2.05) is 18.2 Å². The summed E-state index contributed by atoms with van der Waals surface area (Å²) in [5.41, 5.74) is 9.18. The van der Waals surface area contributed by atoms with Crippen molar-refractivity contribution < 1.29 is 4.79 Å². The number of rotatable bonds is 3. The third-order valence-electron chi connectivity index (χ3n) is 5.03. The molecule has 0 spiro atoms. The summed E-state index contributed by atoms with van der Waals surface area (Å²) in [7, 11) is 2.17. The number of likely N-dealkylation sites (N-methyl/N-ethyl adjacent to an activating group) is 1. The highest BCUT2D eigenvalue weighted by Crippen LogP contribution is 2.22. The quantitative estimate of drug-likeness (QED) is 0.788. The summed E-state index contributed by atoms with van der Waals surface area (Å²) in [6.45, 7) is 5.45. The SMILES string of the molecule is CN1CCN(Cc2ccc(-c3ccc4ccn(C(N)=O)c4n3)cc2)CC1. The number of hydrogen-bond donors (Lipinski definition) is 1. The van der Waals surface area contributed by atoms with Crippen molar-refractivity contribution in [3.63, 3.8) is 0 Å². The third-order valence-corrected chi connectivity index (χ3v) is 5.03. The van der Waals surface area contributed by atoms with Gasteiger partial charge < -0.3 is 10.6 Å². The van der Waals surface area contributed by atoms with Crippen molar-refractivity contribution in [1.82, 2.24) is 19.4 Å². The molecular formula is C20H23N5O. The molecule has 1 aliphatic rings. The number of hydrogen-bond acceptors (Lipinski definition) is 4. The summed E-state index contributed by atoms with van der Waals surface area (Å²) in [6.07, 6.45) is 1.66. The predicted molar refractivity (Wildman–Crippen MR) is 103 cm³/mol. The van der Waals surface area contributed by atoms with Gasteiger partial charge in [-0.1, -0.05) is 24.3 Å². The summed E-state index contributed by atoms with van der Waals surface area (Å²) in [4.78, 5) is 21.0. The van der Waals surface area contributed by atoms with Gasteiger partial charge in [-0.25, -0.2) is 9.78 Å². The molecule has 1 amide bonds. The number of primary amides is 1. The Morgan fingerprint density at radius 2 is 1.77 bits per heavy atom. The predicted octanol–water partition coefficient (Wildman–Crippen LogP) is 2.38. The standard InChI is InChI=1S/C20H23N5O/c1-23-10-12-24(13-11-23)14-15-2-4-16(5-3-15)18-7-6-17-8-9-25(20(21)26)19(17)22-18/h2-9H,10-14H2,1H3,(H2,21,26). The van der Waals surface area contributed by atoms with Gasteiger partial charge in [-0.3, -0.25) is 9.47 Å². The van der Waals surface area contributed by atoms with Crippen LogP contribution >= 0.6 is 0 Å². The molecule has 134 valence electrons. The molecule has 2 N–H and O–H groups in total. The minimum atomic E-state index is -0.521. The number of benzene rings is 1. The Balaban J connectivity index is 1.54. The molecule has 1 fully saturated rings. The van der Waals surface area contributed by atoms with Crippen LogP contribution in [0.1, 0.15) is 5.56 Å². The fourth-order valence-electron chi connectivity index (χ4n) is 3.39. The second-order valence-electron chi connectivity index (χ2n) is 6.91. The minimum Gasteiger partial charge on any atom is -0.351 e. The van der Waals surface area contributed by atoms with Crippen LogP contribution in [0.4, 0.5) is 4.79 Å². The number of aromatic nitrogens is 2. The summed E-state index contributed by atoms with van der Waals surface area (Å²) in [6, 6.07) is 13.8. The van der Waals surface area contributed by atoms with E-state index in [1.54, 1.807) is 6.20 Å². The zero-order valence-corrected chi connectivity index (χ0v) is 14.9. The van der Waals surface area contributed by atoms with Crippen LogP contribution in [-0.4, -0.2) is 58.6 Å². The topological polar surface area (TPSA) is 67.4 Å². The molecule has 0 radical (unpaired) electrons. The molecule has 3 aromatic rings. The highest BCUT2D eigenvalue weighted by atomic mass is 16.2. The van der Waals surface area contributed by atoms with E-state index in [-0.39, 0.29) is 0 Å². The van der Waals surface area contributed by atoms with Gasteiger partial charge in [0.15, 0.2) is 0 Å². The Bertz CT molecular complexity index is 923. The molecule has 1 saturated heterocycles. The average molecular weight is 349 g/mol. The van der Waals surface area contributed by atoms with E-state index < -0.39 is 6.03 Å². The number of pyridine rings is 1. The Labute approximate surface area is 152 Å². The monoisotopic (exact) mass is 349 g/mol. The number of piperazine rings is 1. The first-order chi connectivity index (χ1) is 12.6. The van der Waals surface area contributed by atoms with Gasteiger partial charge in [0.2, 0.25) is 0 Å². The van der Waals surface area contributed by atoms with Crippen molar-refractivity contribution in [3.8, 4) is 11.3 Å². The van der Waals surface area contributed by atoms with Crippen LogP contribution in [0.2, 0.25) is 0 Å². The Morgan fingerprint density at radius 1 is 1.04 bits per heavy atom. The molecule has 3 heterocycles. The van der Waals surface area contributed by atoms with Crippen molar-refractivity contribution in [2.45, 2.75) is 6.54 Å². The Morgan fingerprint density at radius 3 is 2.46 bits per heavy atom. The minimum absolute atomic E-state index is 0.521. The highest BCUT2D eigenvalue weighted by Gasteiger charge is 2.14. The molecule has 0 unspecified atom stereocenters. The zero-order valence-electron chi connectivity index (χ0n) is 14.9. The summed E-state index contributed by atoms with van der Waals surface area (Å²) >= 11 is 0. The van der Waals surface area contributed by atoms with Crippen molar-refractivity contribution >= 4 is 17.1 Å². The van der Waals surface area contributed by atoms with Gasteiger partial charge in [0.25, 0.3) is 0 Å². The van der Waals surface area contributed by atoms with Crippen LogP contribution in [0.3, 0.4) is 0 Å². The molecule has 0 atom stereocenters. The summed E-state index contributed by atoms with van der Waals surface area (Å²) in [5.74, 6) is 0. The first-order valence-electron chi connectivity index (χ1n) is 8.88. The van der Waals surface area contributed by atoms with E-state index in [2.05, 4.69) is 46.1 Å². The van der Waals surface area contributed by atoms with Crippen molar-refractivity contribution in [2.24, 2.45) is 5.73 Å². The van der Waals surface area contributed by atoms with Crippen molar-refractivity contribution in [1.29, 1.82) is 0 Å². The van der Waals surface area contributed by atoms with Crippen LogP contribution < -0.4 is 5.73 Å². The lowest BCUT2D eigenvalue weighted by atomic mass is 10.1. The summed E-state index contributed by atoms with van der Waals surface area (Å²) < 4.78 is 1.38. The fraction of sp³-hybridized carbons (Fsp3) is 0.300. The molecule has 4 rings (SSSR count). The number of nitrogens with two attached hydrogens (primary N) is 1. The van der Waals surface area contributed by atoms with E-state index >= 15 is 0 Å². The largest absolute Gasteiger partial charge is 0.351 e. The van der Waals surface area contributed by atoms with E-state index in [4.69, 9.17) is 5.73 Å². The molecule has 0 aliphatic carbocycles. The van der Waals surface area contributed by atoms with Crippen LogP contribution in [0.25, 0.3) is 22.3 Å². The number of carbonyl (C=O) groups excluding carboxylic acids is 1. The maximum absolute atomic E-state index is 11.5. The van der Waals surface area contributed by atoms with Gasteiger partial charge in [-0.05, 0) is 30.8 Å². The first kappa shape index (κ1) is 16.8. The average Bonchev–Trinajstić information content (AvgIpc) is 3.08. The molecule has 0 bridgehead atoms. The van der Waals surface area contributed by atoms with Gasteiger partial charge >= 0.3 is 6.03 Å². The maximum Gasteiger partial charge on any atom is 0.324 e. The van der Waals surface area contributed by atoms with Crippen LogP contribution in [-0.2, 0) is 6.54 Å². The number of nitrogens with zero attached hydrogens (tertiary/aromatic N) is 4. The lowest BCUT2D eigenvalue weighted by Crippen LogP contribution is -2.43. The Hall–Kier alpha value is -2.70. The summed E-state index contributed by atoms with van der Waals surface area (Å²) in [5, 5.41) is 0.902. The normalized spacial score (nSPS) is 16.2. The second-order valence-corrected chi connectivity index (χ2v) is 6.91. The molecule has 6 heteroatoms. The third kappa shape index (κ3) is 3.34. The van der Waals surface area contributed by atoms with Crippen LogP contribution in [0.15, 0.2) is 48.7 Å². The van der Waals surface area contributed by atoms with Gasteiger partial charge in [0.1, 0.15) is 5.65 Å². The van der Waals surface area contributed by atoms with Crippen molar-refractivity contribution in [3.05, 3.63) is 54.2 Å². The first-order valence-corrected chi connectivity index (χ1v) is 8.88. The number of carbonyl (C=O) groups is 1. The zero-order chi connectivity index (χ0) is 18.1. The maximum atomic E-state index is 11.5. The lowest BCUT2D eigenvalue weighted by Gasteiger charge is -2.32. The highest BCUT2D eigenvalue weighted by molar-refractivity contribution is 5.89. The smallest absolute Gasteiger partial charge is 0.324 e. The van der Waals surface area contributed by atoms with Gasteiger partial charge in [0, 0.05) is 49.9 Å². The lowest BCUT2D eigenvalue weighted by molar-refractivity contribution is 0.148. The molecule has 0 saturated carbocycles. The number of amides is 1. The van der Waals surface area contributed by atoms with E-state index in [9.17, 15) is 4.79 Å². The van der Waals surface area contributed by atoms with E-state index in [1.165, 1.54) is 10.1 Å². The molecule has 1 aromatic carbocycles. The van der Waals surface area contributed by atoms with Crippen LogP contribution in [0, 0.1) is 0 Å². The fourth-order valence-corrected chi connectivity index (χ4v) is 3.39. The van der Waals surface area contributed by atoms with Gasteiger partial charge in [-0.2, -0.15) is 0 Å². The molecule has 1 aliphatic heterocycles. The molecule has 26 heavy (non-hydrogen) atoms.